The third-order valence-electron chi connectivity index (χ3n) is 4.75. The first-order valence-corrected chi connectivity index (χ1v) is 10.1. The van der Waals surface area contributed by atoms with Crippen molar-refractivity contribution in [1.82, 2.24) is 10.2 Å². The summed E-state index contributed by atoms with van der Waals surface area (Å²) in [7, 11) is 1.52. The molecule has 2 aromatic carbocycles. The van der Waals surface area contributed by atoms with Crippen LogP contribution in [0.15, 0.2) is 54.2 Å². The SMILES string of the molecule is COc1ccccc1C(Br)=C(NC(=O)c1ccc([N+](=O)[O-])cc1)C(=O)N1CCCC1. The van der Waals surface area contributed by atoms with E-state index in [1.165, 1.54) is 31.4 Å². The monoisotopic (exact) mass is 473 g/mol. The van der Waals surface area contributed by atoms with Crippen molar-refractivity contribution in [2.24, 2.45) is 0 Å². The van der Waals surface area contributed by atoms with Crippen LogP contribution in [0.4, 0.5) is 5.69 Å². The number of nitrogens with one attached hydrogen (secondary N) is 1. The Bertz CT molecular complexity index is 998. The topological polar surface area (TPSA) is 102 Å². The number of hydrogen-bond donors (Lipinski definition) is 1. The first kappa shape index (κ1) is 21.5. The Balaban J connectivity index is 1.98. The zero-order valence-corrected chi connectivity index (χ0v) is 17.8. The highest BCUT2D eigenvalue weighted by Gasteiger charge is 2.27. The van der Waals surface area contributed by atoms with Gasteiger partial charge in [-0.2, -0.15) is 0 Å². The second kappa shape index (κ2) is 9.53. The smallest absolute Gasteiger partial charge is 0.271 e. The van der Waals surface area contributed by atoms with Gasteiger partial charge in [-0.15, -0.1) is 0 Å². The summed E-state index contributed by atoms with van der Waals surface area (Å²) in [4.78, 5) is 37.9. The van der Waals surface area contributed by atoms with Crippen LogP contribution in [0.25, 0.3) is 4.48 Å². The molecule has 0 radical (unpaired) electrons. The van der Waals surface area contributed by atoms with Crippen molar-refractivity contribution in [2.45, 2.75) is 12.8 Å². The molecule has 8 nitrogen and oxygen atoms in total. The molecule has 2 aromatic rings. The number of halogens is 1. The van der Waals surface area contributed by atoms with Crippen molar-refractivity contribution in [1.29, 1.82) is 0 Å². The van der Waals surface area contributed by atoms with E-state index in [0.717, 1.165) is 12.8 Å². The van der Waals surface area contributed by atoms with Gasteiger partial charge in [0.15, 0.2) is 0 Å². The van der Waals surface area contributed by atoms with Gasteiger partial charge in [0.05, 0.1) is 16.5 Å². The number of non-ortho nitro benzene ring substituents is 1. The summed E-state index contributed by atoms with van der Waals surface area (Å²) in [5.74, 6) is -0.305. The molecule has 2 amide bonds. The van der Waals surface area contributed by atoms with Crippen LogP contribution in [0.5, 0.6) is 5.75 Å². The van der Waals surface area contributed by atoms with Crippen LogP contribution in [0, 0.1) is 10.1 Å². The van der Waals surface area contributed by atoms with E-state index in [2.05, 4.69) is 21.2 Å². The van der Waals surface area contributed by atoms with Gasteiger partial charge in [-0.25, -0.2) is 0 Å². The Morgan fingerprint density at radius 3 is 2.33 bits per heavy atom. The summed E-state index contributed by atoms with van der Waals surface area (Å²) in [5.41, 5.74) is 0.787. The second-order valence-corrected chi connectivity index (χ2v) is 7.44. The number of carbonyl (C=O) groups excluding carboxylic acids is 2. The molecule has 1 aliphatic rings. The van der Waals surface area contributed by atoms with Gasteiger partial charge in [0.2, 0.25) is 0 Å². The standard InChI is InChI=1S/C21H20BrN3O5/c1-30-17-7-3-2-6-16(17)18(22)19(21(27)24-12-4-5-13-24)23-20(26)14-8-10-15(11-9-14)25(28)29/h2-3,6-11H,4-5,12-13H2,1H3,(H,23,26). The van der Waals surface area contributed by atoms with Gasteiger partial charge in [0, 0.05) is 36.3 Å². The van der Waals surface area contributed by atoms with Crippen molar-refractivity contribution >= 4 is 37.9 Å². The number of likely N-dealkylation sites (tertiary alicyclic amines) is 1. The minimum Gasteiger partial charge on any atom is -0.496 e. The van der Waals surface area contributed by atoms with E-state index < -0.39 is 10.8 Å². The number of nitrogens with zero attached hydrogens (tertiary/aromatic N) is 2. The van der Waals surface area contributed by atoms with Gasteiger partial charge >= 0.3 is 0 Å². The van der Waals surface area contributed by atoms with Crippen LogP contribution in [0.2, 0.25) is 0 Å². The Labute approximate surface area is 181 Å². The number of ether oxygens (including phenoxy) is 1. The Morgan fingerprint density at radius 1 is 1.10 bits per heavy atom. The Hall–Kier alpha value is -3.20. The number of nitro groups is 1. The molecule has 0 unspecified atom stereocenters. The van der Waals surface area contributed by atoms with E-state index in [-0.39, 0.29) is 22.9 Å². The lowest BCUT2D eigenvalue weighted by atomic mass is 10.1. The summed E-state index contributed by atoms with van der Waals surface area (Å²) in [6.07, 6.45) is 1.81. The first-order valence-electron chi connectivity index (χ1n) is 9.30. The first-order chi connectivity index (χ1) is 14.4. The number of methoxy groups -OCH3 is 1. The number of nitro benzene ring substituents is 1. The Morgan fingerprint density at radius 2 is 1.73 bits per heavy atom. The third kappa shape index (κ3) is 4.68. The van der Waals surface area contributed by atoms with Crippen molar-refractivity contribution in [3.63, 3.8) is 0 Å². The number of rotatable bonds is 6. The van der Waals surface area contributed by atoms with Crippen molar-refractivity contribution < 1.29 is 19.2 Å². The van der Waals surface area contributed by atoms with Crippen molar-refractivity contribution in [3.8, 4) is 5.75 Å². The van der Waals surface area contributed by atoms with Crippen LogP contribution in [-0.2, 0) is 4.79 Å². The summed E-state index contributed by atoms with van der Waals surface area (Å²) < 4.78 is 5.78. The minimum absolute atomic E-state index is 0.0877. The molecule has 1 N–H and O–H groups in total. The zero-order chi connectivity index (χ0) is 21.7. The summed E-state index contributed by atoms with van der Waals surface area (Å²) in [6.45, 7) is 1.23. The normalized spacial score (nSPS) is 14.1. The maximum atomic E-state index is 13.2. The van der Waals surface area contributed by atoms with Crippen molar-refractivity contribution in [3.05, 3.63) is 75.5 Å². The highest BCUT2D eigenvalue weighted by atomic mass is 79.9. The van der Waals surface area contributed by atoms with Gasteiger partial charge in [-0.3, -0.25) is 19.7 Å². The predicted molar refractivity (Wildman–Crippen MR) is 115 cm³/mol. The van der Waals surface area contributed by atoms with Crippen LogP contribution in [-0.4, -0.2) is 41.8 Å². The van der Waals surface area contributed by atoms with Gasteiger partial charge in [-0.05, 0) is 47.0 Å². The zero-order valence-electron chi connectivity index (χ0n) is 16.3. The molecule has 156 valence electrons. The molecule has 0 spiro atoms. The number of para-hydroxylation sites is 1. The highest BCUT2D eigenvalue weighted by molar-refractivity contribution is 9.15. The second-order valence-electron chi connectivity index (χ2n) is 6.65. The van der Waals surface area contributed by atoms with Gasteiger partial charge in [0.25, 0.3) is 17.5 Å². The average molecular weight is 474 g/mol. The number of benzene rings is 2. The van der Waals surface area contributed by atoms with Gasteiger partial charge in [-0.1, -0.05) is 18.2 Å². The molecule has 1 fully saturated rings. The van der Waals surface area contributed by atoms with E-state index in [9.17, 15) is 19.7 Å². The van der Waals surface area contributed by atoms with Crippen LogP contribution in [0.1, 0.15) is 28.8 Å². The lowest BCUT2D eigenvalue weighted by Crippen LogP contribution is -2.37. The number of carbonyl (C=O) groups is 2. The van der Waals surface area contributed by atoms with Crippen molar-refractivity contribution in [2.75, 3.05) is 20.2 Å². The van der Waals surface area contributed by atoms with E-state index in [0.29, 0.717) is 28.9 Å². The maximum absolute atomic E-state index is 13.2. The maximum Gasteiger partial charge on any atom is 0.271 e. The molecule has 9 heteroatoms. The molecule has 0 aromatic heterocycles. The fourth-order valence-electron chi connectivity index (χ4n) is 3.16. The van der Waals surface area contributed by atoms with Gasteiger partial charge < -0.3 is 15.0 Å². The van der Waals surface area contributed by atoms with Crippen LogP contribution in [0.3, 0.4) is 0 Å². The van der Waals surface area contributed by atoms with E-state index in [1.807, 2.05) is 0 Å². The largest absolute Gasteiger partial charge is 0.496 e. The number of hydrogen-bond acceptors (Lipinski definition) is 5. The summed E-state index contributed by atoms with van der Waals surface area (Å²) in [5, 5.41) is 13.5. The molecule has 1 aliphatic heterocycles. The predicted octanol–water partition coefficient (Wildman–Crippen LogP) is 3.72. The van der Waals surface area contributed by atoms with Crippen LogP contribution >= 0.6 is 15.9 Å². The molecular weight excluding hydrogens is 454 g/mol. The molecule has 0 atom stereocenters. The highest BCUT2D eigenvalue weighted by Crippen LogP contribution is 2.33. The van der Waals surface area contributed by atoms with E-state index in [1.54, 1.807) is 29.2 Å². The van der Waals surface area contributed by atoms with Crippen LogP contribution < -0.4 is 10.1 Å². The minimum atomic E-state index is -0.542. The summed E-state index contributed by atoms with van der Waals surface area (Å²) in [6, 6.07) is 12.3. The van der Waals surface area contributed by atoms with Gasteiger partial charge in [0.1, 0.15) is 11.4 Å². The van der Waals surface area contributed by atoms with E-state index >= 15 is 0 Å². The fourth-order valence-corrected chi connectivity index (χ4v) is 3.76. The Kier molecular flexibility index (Phi) is 6.83. The molecule has 0 aliphatic carbocycles. The third-order valence-corrected chi connectivity index (χ3v) is 5.57. The number of amides is 2. The lowest BCUT2D eigenvalue weighted by molar-refractivity contribution is -0.384. The molecule has 1 heterocycles. The molecule has 0 bridgehead atoms. The van der Waals surface area contributed by atoms with E-state index in [4.69, 9.17) is 4.74 Å². The molecular formula is C21H20BrN3O5. The molecule has 0 saturated carbocycles. The quantitative estimate of drug-likeness (QED) is 0.391. The summed E-state index contributed by atoms with van der Waals surface area (Å²) >= 11 is 3.47. The molecule has 1 saturated heterocycles. The fraction of sp³-hybridized carbons (Fsp3) is 0.238. The molecule has 3 rings (SSSR count). The lowest BCUT2D eigenvalue weighted by Gasteiger charge is -2.20. The molecule has 30 heavy (non-hydrogen) atoms. The average Bonchev–Trinajstić information content (AvgIpc) is 3.31.